The Morgan fingerprint density at radius 1 is 0.941 bits per heavy atom. The lowest BCUT2D eigenvalue weighted by Gasteiger charge is -2.32. The Balaban J connectivity index is 1.71. The third-order valence-electron chi connectivity index (χ3n) is 7.25. The van der Waals surface area contributed by atoms with Crippen molar-refractivity contribution in [1.82, 2.24) is 5.32 Å². The molecule has 2 amide bonds. The third-order valence-corrected chi connectivity index (χ3v) is 7.25. The summed E-state index contributed by atoms with van der Waals surface area (Å²) in [4.78, 5) is 41.9. The number of rotatable bonds is 5. The van der Waals surface area contributed by atoms with Crippen molar-refractivity contribution >= 4 is 23.5 Å². The summed E-state index contributed by atoms with van der Waals surface area (Å²) in [6.45, 7) is 3.96. The zero-order valence-electron chi connectivity index (χ0n) is 19.1. The molecule has 0 saturated carbocycles. The van der Waals surface area contributed by atoms with E-state index >= 15 is 0 Å². The molecule has 2 aliphatic heterocycles. The van der Waals surface area contributed by atoms with E-state index in [9.17, 15) is 19.5 Å². The van der Waals surface area contributed by atoms with E-state index in [0.717, 1.165) is 23.1 Å². The van der Waals surface area contributed by atoms with Crippen LogP contribution in [0.2, 0.25) is 0 Å². The molecule has 6 heteroatoms. The molecule has 6 nitrogen and oxygen atoms in total. The molecule has 34 heavy (non-hydrogen) atoms. The van der Waals surface area contributed by atoms with Gasteiger partial charge in [0.15, 0.2) is 5.54 Å². The number of nitrogens with zero attached hydrogens (tertiary/aromatic N) is 1. The molecular formula is C28H26N2O4. The Hall–Kier alpha value is -3.77. The van der Waals surface area contributed by atoms with Gasteiger partial charge in [-0.25, -0.2) is 9.69 Å². The maximum atomic E-state index is 13.9. The largest absolute Gasteiger partial charge is 0.480 e. The molecule has 172 valence electrons. The normalized spacial score (nSPS) is 26.1. The van der Waals surface area contributed by atoms with Crippen LogP contribution in [0.4, 0.5) is 5.69 Å². The van der Waals surface area contributed by atoms with Gasteiger partial charge in [-0.05, 0) is 47.7 Å². The van der Waals surface area contributed by atoms with E-state index in [1.165, 1.54) is 4.90 Å². The fourth-order valence-electron chi connectivity index (χ4n) is 5.53. The Morgan fingerprint density at radius 3 is 2.21 bits per heavy atom. The molecule has 4 unspecified atom stereocenters. The smallest absolute Gasteiger partial charge is 0.329 e. The summed E-state index contributed by atoms with van der Waals surface area (Å²) >= 11 is 0. The van der Waals surface area contributed by atoms with Gasteiger partial charge in [-0.15, -0.1) is 0 Å². The van der Waals surface area contributed by atoms with Crippen molar-refractivity contribution < 1.29 is 19.5 Å². The maximum absolute atomic E-state index is 13.9. The zero-order valence-corrected chi connectivity index (χ0v) is 19.1. The van der Waals surface area contributed by atoms with E-state index < -0.39 is 35.3 Å². The molecule has 3 aromatic carbocycles. The van der Waals surface area contributed by atoms with Crippen LogP contribution in [0.25, 0.3) is 0 Å². The molecule has 4 atom stereocenters. The number of anilines is 1. The first-order valence-corrected chi connectivity index (χ1v) is 11.5. The SMILES string of the molecule is CCc1ccc(N2C(=O)C3C(c4ccccc4C)NC(C(=O)O)(c4ccccc4)C3C2=O)cc1. The minimum absolute atomic E-state index is 0.376. The number of benzene rings is 3. The van der Waals surface area contributed by atoms with E-state index in [0.29, 0.717) is 11.3 Å². The van der Waals surface area contributed by atoms with Crippen molar-refractivity contribution in [1.29, 1.82) is 0 Å². The second kappa shape index (κ2) is 8.22. The van der Waals surface area contributed by atoms with Gasteiger partial charge in [-0.3, -0.25) is 14.9 Å². The number of carbonyl (C=O) groups excluding carboxylic acids is 2. The van der Waals surface area contributed by atoms with Gasteiger partial charge in [0.1, 0.15) is 0 Å². The predicted octanol–water partition coefficient (Wildman–Crippen LogP) is 3.99. The van der Waals surface area contributed by atoms with Crippen LogP contribution in [0, 0.1) is 18.8 Å². The number of carbonyl (C=O) groups is 3. The van der Waals surface area contributed by atoms with Gasteiger partial charge >= 0.3 is 5.97 Å². The summed E-state index contributed by atoms with van der Waals surface area (Å²) < 4.78 is 0. The lowest BCUT2D eigenvalue weighted by molar-refractivity contribution is -0.149. The predicted molar refractivity (Wildman–Crippen MR) is 128 cm³/mol. The highest BCUT2D eigenvalue weighted by atomic mass is 16.4. The topological polar surface area (TPSA) is 86.7 Å². The van der Waals surface area contributed by atoms with Gasteiger partial charge < -0.3 is 5.11 Å². The molecule has 5 rings (SSSR count). The van der Waals surface area contributed by atoms with Crippen LogP contribution in [-0.4, -0.2) is 22.9 Å². The summed E-state index contributed by atoms with van der Waals surface area (Å²) in [7, 11) is 0. The number of carboxylic acid groups (broad SMARTS) is 1. The highest BCUT2D eigenvalue weighted by Crippen LogP contribution is 2.54. The summed E-state index contributed by atoms with van der Waals surface area (Å²) in [6.07, 6.45) is 0.836. The molecule has 0 bridgehead atoms. The highest BCUT2D eigenvalue weighted by Gasteiger charge is 2.69. The highest BCUT2D eigenvalue weighted by molar-refractivity contribution is 6.24. The Labute approximate surface area is 198 Å². The monoisotopic (exact) mass is 454 g/mol. The fraction of sp³-hybridized carbons (Fsp3) is 0.250. The Morgan fingerprint density at radius 2 is 1.59 bits per heavy atom. The second-order valence-electron chi connectivity index (χ2n) is 8.99. The molecule has 0 aliphatic carbocycles. The quantitative estimate of drug-likeness (QED) is 0.570. The zero-order chi connectivity index (χ0) is 24.0. The molecule has 0 radical (unpaired) electrons. The number of hydrogen-bond donors (Lipinski definition) is 2. The molecule has 3 aromatic rings. The van der Waals surface area contributed by atoms with Gasteiger partial charge in [0.25, 0.3) is 0 Å². The van der Waals surface area contributed by atoms with E-state index in [1.807, 2.05) is 50.2 Å². The fourth-order valence-corrected chi connectivity index (χ4v) is 5.53. The van der Waals surface area contributed by atoms with Gasteiger partial charge in [-0.2, -0.15) is 0 Å². The van der Waals surface area contributed by atoms with E-state index in [4.69, 9.17) is 0 Å². The van der Waals surface area contributed by atoms with Crippen LogP contribution in [0.5, 0.6) is 0 Å². The van der Waals surface area contributed by atoms with Crippen molar-refractivity contribution in [2.45, 2.75) is 31.8 Å². The van der Waals surface area contributed by atoms with Crippen LogP contribution in [0.3, 0.4) is 0 Å². The van der Waals surface area contributed by atoms with Crippen LogP contribution in [-0.2, 0) is 26.3 Å². The van der Waals surface area contributed by atoms with Crippen molar-refractivity contribution in [2.24, 2.45) is 11.8 Å². The number of nitrogens with one attached hydrogen (secondary N) is 1. The number of amides is 2. The summed E-state index contributed by atoms with van der Waals surface area (Å²) in [6, 6.07) is 23.0. The van der Waals surface area contributed by atoms with Crippen LogP contribution in [0.1, 0.15) is 35.2 Å². The van der Waals surface area contributed by atoms with Gasteiger partial charge in [0.2, 0.25) is 11.8 Å². The van der Waals surface area contributed by atoms with E-state index in [1.54, 1.807) is 42.5 Å². The second-order valence-corrected chi connectivity index (χ2v) is 8.99. The number of aliphatic carboxylic acids is 1. The number of hydrogen-bond acceptors (Lipinski definition) is 4. The van der Waals surface area contributed by atoms with Crippen molar-refractivity contribution in [3.8, 4) is 0 Å². The lowest BCUT2D eigenvalue weighted by atomic mass is 9.75. The van der Waals surface area contributed by atoms with Gasteiger partial charge in [0, 0.05) is 6.04 Å². The number of carboxylic acids is 1. The summed E-state index contributed by atoms with van der Waals surface area (Å²) in [5.74, 6) is -3.98. The van der Waals surface area contributed by atoms with E-state index in [2.05, 4.69) is 5.32 Å². The van der Waals surface area contributed by atoms with E-state index in [-0.39, 0.29) is 5.91 Å². The summed E-state index contributed by atoms with van der Waals surface area (Å²) in [5, 5.41) is 13.8. The molecule has 2 aliphatic rings. The lowest BCUT2D eigenvalue weighted by Crippen LogP contribution is -2.53. The van der Waals surface area contributed by atoms with Gasteiger partial charge in [0.05, 0.1) is 17.5 Å². The third kappa shape index (κ3) is 3.10. The number of aryl methyl sites for hydroxylation is 2. The van der Waals surface area contributed by atoms with Crippen molar-refractivity contribution in [2.75, 3.05) is 4.90 Å². The first-order valence-electron chi connectivity index (χ1n) is 11.5. The minimum atomic E-state index is -1.73. The molecule has 2 saturated heterocycles. The number of imide groups is 1. The molecule has 0 spiro atoms. The van der Waals surface area contributed by atoms with Gasteiger partial charge in [-0.1, -0.05) is 73.7 Å². The summed E-state index contributed by atoms with van der Waals surface area (Å²) in [5.41, 5.74) is 2.03. The van der Waals surface area contributed by atoms with Crippen LogP contribution in [0.15, 0.2) is 78.9 Å². The Kier molecular flexibility index (Phi) is 5.33. The van der Waals surface area contributed by atoms with Crippen LogP contribution < -0.4 is 10.2 Å². The minimum Gasteiger partial charge on any atom is -0.480 e. The standard InChI is InChI=1S/C28H26N2O4/c1-3-18-13-15-20(16-14-18)30-25(31)22-23(26(30)32)28(27(33)34,19-10-5-4-6-11-19)29-24(22)21-12-8-7-9-17(21)2/h4-16,22-24,29H,3H2,1-2H3,(H,33,34). The molecule has 2 N–H and O–H groups in total. The molecule has 0 aromatic heterocycles. The molecular weight excluding hydrogens is 428 g/mol. The Bertz CT molecular complexity index is 1270. The maximum Gasteiger partial charge on any atom is 0.329 e. The average molecular weight is 455 g/mol. The van der Waals surface area contributed by atoms with Crippen molar-refractivity contribution in [3.63, 3.8) is 0 Å². The first-order chi connectivity index (χ1) is 16.4. The van der Waals surface area contributed by atoms with Crippen LogP contribution >= 0.6 is 0 Å². The van der Waals surface area contributed by atoms with Crippen molar-refractivity contribution in [3.05, 3.63) is 101 Å². The average Bonchev–Trinajstić information content (AvgIpc) is 3.34. The molecule has 2 heterocycles. The number of fused-ring (bicyclic) bond motifs is 1. The first kappa shape index (κ1) is 22.0. The molecule has 2 fully saturated rings.